The summed E-state index contributed by atoms with van der Waals surface area (Å²) < 4.78 is 23.1. The van der Waals surface area contributed by atoms with E-state index in [-0.39, 0.29) is 18.1 Å². The quantitative estimate of drug-likeness (QED) is 0.772. The van der Waals surface area contributed by atoms with Crippen molar-refractivity contribution in [3.63, 3.8) is 0 Å². The minimum absolute atomic E-state index is 0.0407. The van der Waals surface area contributed by atoms with Crippen molar-refractivity contribution < 1.29 is 18.6 Å². The molecule has 2 N–H and O–H groups in total. The first-order valence-electron chi connectivity index (χ1n) is 6.29. The number of nitrogens with zero attached hydrogens (tertiary/aromatic N) is 1. The minimum Gasteiger partial charge on any atom is -0.395 e. The van der Waals surface area contributed by atoms with Gasteiger partial charge in [0.1, 0.15) is 0 Å². The Hall–Kier alpha value is -0.950. The predicted molar refractivity (Wildman–Crippen MR) is 72.4 cm³/mol. The van der Waals surface area contributed by atoms with Gasteiger partial charge in [-0.3, -0.25) is 4.90 Å². The third-order valence-corrected chi connectivity index (χ3v) is 5.08. The molecule has 0 saturated carbocycles. The van der Waals surface area contributed by atoms with Gasteiger partial charge < -0.3 is 10.2 Å². The summed E-state index contributed by atoms with van der Waals surface area (Å²) in [5, 5.41) is 19.0. The molecule has 0 aliphatic carbocycles. The van der Waals surface area contributed by atoms with Crippen molar-refractivity contribution >= 4 is 9.84 Å². The molecular formula is C13H19NO4S. The van der Waals surface area contributed by atoms with E-state index in [0.29, 0.717) is 13.1 Å². The average Bonchev–Trinajstić information content (AvgIpc) is 2.63. The van der Waals surface area contributed by atoms with Gasteiger partial charge in [0.25, 0.3) is 0 Å². The molecule has 0 amide bonds. The largest absolute Gasteiger partial charge is 0.395 e. The zero-order valence-electron chi connectivity index (χ0n) is 10.6. The van der Waals surface area contributed by atoms with Crippen LogP contribution >= 0.6 is 0 Å². The Bertz CT molecular complexity index is 503. The van der Waals surface area contributed by atoms with Crippen molar-refractivity contribution in [2.45, 2.75) is 18.7 Å². The van der Waals surface area contributed by atoms with Crippen LogP contribution in [0.25, 0.3) is 0 Å². The summed E-state index contributed by atoms with van der Waals surface area (Å²) in [7, 11) is -3.17. The molecule has 1 aromatic carbocycles. The van der Waals surface area contributed by atoms with Gasteiger partial charge in [0.05, 0.1) is 30.3 Å². The van der Waals surface area contributed by atoms with Crippen LogP contribution in [0.4, 0.5) is 0 Å². The summed E-state index contributed by atoms with van der Waals surface area (Å²) in [6.45, 7) is 0.820. The summed E-state index contributed by atoms with van der Waals surface area (Å²) in [4.78, 5) is 1.84. The topological polar surface area (TPSA) is 77.8 Å². The van der Waals surface area contributed by atoms with Gasteiger partial charge in [0, 0.05) is 13.1 Å². The highest BCUT2D eigenvalue weighted by Crippen LogP contribution is 2.20. The Morgan fingerprint density at radius 3 is 2.42 bits per heavy atom. The maximum Gasteiger partial charge on any atom is 0.154 e. The number of aliphatic hydroxyl groups is 2. The fourth-order valence-electron chi connectivity index (χ4n) is 2.47. The average molecular weight is 285 g/mol. The van der Waals surface area contributed by atoms with Gasteiger partial charge in [-0.2, -0.15) is 0 Å². The molecule has 19 heavy (non-hydrogen) atoms. The molecule has 1 aliphatic heterocycles. The Morgan fingerprint density at radius 1 is 1.21 bits per heavy atom. The fraction of sp³-hybridized carbons (Fsp3) is 0.538. The smallest absolute Gasteiger partial charge is 0.154 e. The SMILES string of the molecule is O=S1(=O)C[C@@H](N(CCO)Cc2ccccc2)[C@@H](O)C1. The predicted octanol–water partition coefficient (Wildman–Crippen LogP) is -0.361. The highest BCUT2D eigenvalue weighted by molar-refractivity contribution is 7.91. The fourth-order valence-corrected chi connectivity index (χ4v) is 4.30. The molecule has 1 heterocycles. The third kappa shape index (κ3) is 3.76. The second-order valence-electron chi connectivity index (χ2n) is 4.89. The molecule has 1 saturated heterocycles. The van der Waals surface area contributed by atoms with Gasteiger partial charge in [-0.1, -0.05) is 30.3 Å². The standard InChI is InChI=1S/C13H19NO4S/c15-7-6-14(8-11-4-2-1-3-5-11)12-9-19(17,18)10-13(12)16/h1-5,12-13,15-16H,6-10H2/t12-,13+/m1/s1. The molecule has 0 spiro atoms. The van der Waals surface area contributed by atoms with Crippen LogP contribution in [0.15, 0.2) is 30.3 Å². The van der Waals surface area contributed by atoms with Crippen LogP contribution < -0.4 is 0 Å². The molecule has 2 rings (SSSR count). The molecule has 0 radical (unpaired) electrons. The van der Waals surface area contributed by atoms with Crippen molar-refractivity contribution in [3.8, 4) is 0 Å². The summed E-state index contributed by atoms with van der Waals surface area (Å²) in [5.74, 6) is -0.227. The molecule has 1 aliphatic rings. The van der Waals surface area contributed by atoms with Crippen molar-refractivity contribution in [2.24, 2.45) is 0 Å². The van der Waals surface area contributed by atoms with E-state index in [1.54, 1.807) is 0 Å². The molecule has 0 unspecified atom stereocenters. The molecule has 1 fully saturated rings. The van der Waals surface area contributed by atoms with E-state index in [0.717, 1.165) is 5.56 Å². The molecule has 2 atom stereocenters. The van der Waals surface area contributed by atoms with Gasteiger partial charge in [0.15, 0.2) is 9.84 Å². The lowest BCUT2D eigenvalue weighted by atomic mass is 10.1. The lowest BCUT2D eigenvalue weighted by Crippen LogP contribution is -2.44. The number of rotatable bonds is 5. The summed E-state index contributed by atoms with van der Waals surface area (Å²) >= 11 is 0. The first-order chi connectivity index (χ1) is 9.02. The molecule has 106 valence electrons. The van der Waals surface area contributed by atoms with Crippen LogP contribution in [0.5, 0.6) is 0 Å². The first-order valence-corrected chi connectivity index (χ1v) is 8.11. The first kappa shape index (κ1) is 14.5. The van der Waals surface area contributed by atoms with Crippen LogP contribution in [0.2, 0.25) is 0 Å². The maximum absolute atomic E-state index is 11.6. The Labute approximate surface area is 113 Å². The number of benzene rings is 1. The molecule has 1 aromatic rings. The van der Waals surface area contributed by atoms with Crippen molar-refractivity contribution in [2.75, 3.05) is 24.7 Å². The summed E-state index contributed by atoms with van der Waals surface area (Å²) in [5.41, 5.74) is 1.03. The Balaban J connectivity index is 2.12. The second kappa shape index (κ2) is 6.00. The van der Waals surface area contributed by atoms with Crippen molar-refractivity contribution in [1.29, 1.82) is 0 Å². The van der Waals surface area contributed by atoms with Crippen molar-refractivity contribution in [3.05, 3.63) is 35.9 Å². The van der Waals surface area contributed by atoms with Crippen LogP contribution in [-0.2, 0) is 16.4 Å². The monoisotopic (exact) mass is 285 g/mol. The van der Waals surface area contributed by atoms with Gasteiger partial charge in [-0.25, -0.2) is 8.42 Å². The van der Waals surface area contributed by atoms with Gasteiger partial charge in [0.2, 0.25) is 0 Å². The summed E-state index contributed by atoms with van der Waals surface area (Å²) in [6, 6.07) is 9.19. The van der Waals surface area contributed by atoms with Crippen LogP contribution in [0.3, 0.4) is 0 Å². The Morgan fingerprint density at radius 2 is 1.89 bits per heavy atom. The molecular weight excluding hydrogens is 266 g/mol. The van der Waals surface area contributed by atoms with Crippen LogP contribution in [0, 0.1) is 0 Å². The molecule has 6 heteroatoms. The number of sulfone groups is 1. The van der Waals surface area contributed by atoms with E-state index in [9.17, 15) is 13.5 Å². The van der Waals surface area contributed by atoms with E-state index >= 15 is 0 Å². The maximum atomic E-state index is 11.6. The zero-order valence-corrected chi connectivity index (χ0v) is 11.5. The van der Waals surface area contributed by atoms with E-state index in [4.69, 9.17) is 5.11 Å². The zero-order chi connectivity index (χ0) is 13.9. The van der Waals surface area contributed by atoms with Gasteiger partial charge in [-0.05, 0) is 5.56 Å². The second-order valence-corrected chi connectivity index (χ2v) is 7.05. The van der Waals surface area contributed by atoms with Crippen LogP contribution in [-0.4, -0.2) is 60.3 Å². The van der Waals surface area contributed by atoms with Crippen LogP contribution in [0.1, 0.15) is 5.56 Å². The lowest BCUT2D eigenvalue weighted by Gasteiger charge is -2.29. The third-order valence-electron chi connectivity index (χ3n) is 3.38. The number of hydrogen-bond donors (Lipinski definition) is 2. The van der Waals surface area contributed by atoms with Gasteiger partial charge in [-0.15, -0.1) is 0 Å². The minimum atomic E-state index is -3.17. The Kier molecular flexibility index (Phi) is 4.57. The molecule has 0 aromatic heterocycles. The highest BCUT2D eigenvalue weighted by Gasteiger charge is 2.39. The van der Waals surface area contributed by atoms with E-state index in [1.165, 1.54) is 0 Å². The van der Waals surface area contributed by atoms with E-state index in [2.05, 4.69) is 0 Å². The number of aliphatic hydroxyl groups excluding tert-OH is 2. The number of hydrogen-bond acceptors (Lipinski definition) is 5. The molecule has 5 nitrogen and oxygen atoms in total. The summed E-state index contributed by atoms with van der Waals surface area (Å²) in [6.07, 6.45) is -0.875. The van der Waals surface area contributed by atoms with Crippen molar-refractivity contribution in [1.82, 2.24) is 4.90 Å². The molecule has 0 bridgehead atoms. The van der Waals surface area contributed by atoms with Gasteiger partial charge >= 0.3 is 0 Å². The highest BCUT2D eigenvalue weighted by atomic mass is 32.2. The van der Waals surface area contributed by atoms with E-state index in [1.807, 2.05) is 35.2 Å². The van der Waals surface area contributed by atoms with E-state index < -0.39 is 22.0 Å². The lowest BCUT2D eigenvalue weighted by molar-refractivity contribution is 0.0655. The normalized spacial score (nSPS) is 25.8.